The summed E-state index contributed by atoms with van der Waals surface area (Å²) in [7, 11) is 1.40. The molecule has 0 aromatic heterocycles. The SMILES string of the molecule is CCNC(=NCC(C1CCCCC1)N(C)C)NC1CCS(=O)(=O)C1.I. The molecular formula is C17H35IN4O2S. The number of guanidine groups is 1. The molecule has 2 fully saturated rings. The Labute approximate surface area is 170 Å². The smallest absolute Gasteiger partial charge is 0.191 e. The van der Waals surface area contributed by atoms with Crippen molar-refractivity contribution in [3.05, 3.63) is 0 Å². The van der Waals surface area contributed by atoms with Crippen LogP contribution in [0.25, 0.3) is 0 Å². The third kappa shape index (κ3) is 7.58. The lowest BCUT2D eigenvalue weighted by atomic mass is 9.83. The molecule has 1 heterocycles. The molecule has 0 radical (unpaired) electrons. The molecule has 1 saturated carbocycles. The normalized spacial score (nSPS) is 25.4. The number of nitrogens with zero attached hydrogens (tertiary/aromatic N) is 2. The van der Waals surface area contributed by atoms with Gasteiger partial charge in [0.05, 0.1) is 18.1 Å². The first kappa shape index (κ1) is 23.0. The van der Waals surface area contributed by atoms with E-state index in [0.29, 0.717) is 18.4 Å². The van der Waals surface area contributed by atoms with E-state index in [1.54, 1.807) is 0 Å². The van der Waals surface area contributed by atoms with E-state index in [4.69, 9.17) is 4.99 Å². The number of halogens is 1. The van der Waals surface area contributed by atoms with Gasteiger partial charge >= 0.3 is 0 Å². The molecule has 0 amide bonds. The largest absolute Gasteiger partial charge is 0.357 e. The van der Waals surface area contributed by atoms with Crippen molar-refractivity contribution < 1.29 is 8.42 Å². The minimum atomic E-state index is -2.87. The van der Waals surface area contributed by atoms with Gasteiger partial charge in [0.15, 0.2) is 15.8 Å². The quantitative estimate of drug-likeness (QED) is 0.341. The van der Waals surface area contributed by atoms with Crippen LogP contribution in [0.3, 0.4) is 0 Å². The Morgan fingerprint density at radius 3 is 2.40 bits per heavy atom. The van der Waals surface area contributed by atoms with Gasteiger partial charge in [-0.05, 0) is 46.2 Å². The Balaban J connectivity index is 0.00000312. The lowest BCUT2D eigenvalue weighted by Crippen LogP contribution is -2.45. The van der Waals surface area contributed by atoms with Crippen LogP contribution >= 0.6 is 24.0 Å². The van der Waals surface area contributed by atoms with E-state index in [2.05, 4.69) is 29.6 Å². The van der Waals surface area contributed by atoms with Crippen LogP contribution in [0.1, 0.15) is 45.4 Å². The highest BCUT2D eigenvalue weighted by Crippen LogP contribution is 2.28. The molecule has 2 unspecified atom stereocenters. The molecule has 2 atom stereocenters. The van der Waals surface area contributed by atoms with Gasteiger partial charge in [-0.25, -0.2) is 8.42 Å². The minimum Gasteiger partial charge on any atom is -0.357 e. The van der Waals surface area contributed by atoms with Gasteiger partial charge in [-0.15, -0.1) is 24.0 Å². The summed E-state index contributed by atoms with van der Waals surface area (Å²) in [5.74, 6) is 1.97. The van der Waals surface area contributed by atoms with E-state index >= 15 is 0 Å². The third-order valence-corrected chi connectivity index (χ3v) is 6.98. The Morgan fingerprint density at radius 1 is 1.20 bits per heavy atom. The molecule has 0 aromatic rings. The summed E-state index contributed by atoms with van der Waals surface area (Å²) in [4.78, 5) is 7.07. The summed E-state index contributed by atoms with van der Waals surface area (Å²) in [6, 6.07) is 0.438. The fourth-order valence-corrected chi connectivity index (χ4v) is 5.53. The molecule has 2 aliphatic rings. The predicted octanol–water partition coefficient (Wildman–Crippen LogP) is 1.86. The van der Waals surface area contributed by atoms with Crippen LogP contribution in [0, 0.1) is 5.92 Å². The van der Waals surface area contributed by atoms with Crippen LogP contribution in [0.5, 0.6) is 0 Å². The summed E-state index contributed by atoms with van der Waals surface area (Å²) in [5.41, 5.74) is 0. The van der Waals surface area contributed by atoms with Crippen LogP contribution in [0.4, 0.5) is 0 Å². The maximum atomic E-state index is 11.6. The topological polar surface area (TPSA) is 73.8 Å². The number of rotatable bonds is 6. The van der Waals surface area contributed by atoms with Gasteiger partial charge in [-0.2, -0.15) is 0 Å². The van der Waals surface area contributed by atoms with Crippen molar-refractivity contribution in [1.29, 1.82) is 0 Å². The summed E-state index contributed by atoms with van der Waals surface area (Å²) in [6.45, 7) is 3.57. The zero-order chi connectivity index (χ0) is 17.6. The first-order valence-electron chi connectivity index (χ1n) is 9.33. The first-order valence-corrected chi connectivity index (χ1v) is 11.1. The van der Waals surface area contributed by atoms with Crippen LogP contribution in [0.2, 0.25) is 0 Å². The van der Waals surface area contributed by atoms with E-state index in [-0.39, 0.29) is 41.5 Å². The fourth-order valence-electron chi connectivity index (χ4n) is 3.86. The van der Waals surface area contributed by atoms with E-state index in [9.17, 15) is 8.42 Å². The average Bonchev–Trinajstić information content (AvgIpc) is 2.87. The van der Waals surface area contributed by atoms with E-state index in [0.717, 1.165) is 19.0 Å². The molecule has 6 nitrogen and oxygen atoms in total. The van der Waals surface area contributed by atoms with Gasteiger partial charge in [0, 0.05) is 18.6 Å². The lowest BCUT2D eigenvalue weighted by Gasteiger charge is -2.34. The van der Waals surface area contributed by atoms with Crippen molar-refractivity contribution in [2.45, 2.75) is 57.5 Å². The molecule has 2 N–H and O–H groups in total. The molecule has 0 bridgehead atoms. The van der Waals surface area contributed by atoms with E-state index in [1.165, 1.54) is 32.1 Å². The number of likely N-dealkylation sites (N-methyl/N-ethyl adjacent to an activating group) is 1. The first-order chi connectivity index (χ1) is 11.4. The van der Waals surface area contributed by atoms with Crippen molar-refractivity contribution in [3.8, 4) is 0 Å². The molecule has 8 heteroatoms. The zero-order valence-electron chi connectivity index (χ0n) is 15.8. The second-order valence-electron chi connectivity index (χ2n) is 7.39. The molecular weight excluding hydrogens is 451 g/mol. The second kappa shape index (κ2) is 10.9. The van der Waals surface area contributed by atoms with Gasteiger partial charge in [0.1, 0.15) is 0 Å². The maximum absolute atomic E-state index is 11.6. The van der Waals surface area contributed by atoms with Gasteiger partial charge in [-0.3, -0.25) is 4.99 Å². The van der Waals surface area contributed by atoms with Crippen LogP contribution in [-0.4, -0.2) is 70.1 Å². The monoisotopic (exact) mass is 486 g/mol. The molecule has 0 aromatic carbocycles. The number of nitrogens with one attached hydrogen (secondary N) is 2. The number of hydrogen-bond acceptors (Lipinski definition) is 4. The zero-order valence-corrected chi connectivity index (χ0v) is 19.0. The molecule has 1 aliphatic heterocycles. The van der Waals surface area contributed by atoms with Crippen LogP contribution < -0.4 is 10.6 Å². The highest BCUT2D eigenvalue weighted by Gasteiger charge is 2.29. The number of hydrogen-bond donors (Lipinski definition) is 2. The maximum Gasteiger partial charge on any atom is 0.191 e. The van der Waals surface area contributed by atoms with Crippen molar-refractivity contribution in [1.82, 2.24) is 15.5 Å². The van der Waals surface area contributed by atoms with Gasteiger partial charge in [0.2, 0.25) is 0 Å². The van der Waals surface area contributed by atoms with Crippen molar-refractivity contribution in [2.75, 3.05) is 38.7 Å². The second-order valence-corrected chi connectivity index (χ2v) is 9.62. The van der Waals surface area contributed by atoms with Crippen LogP contribution in [-0.2, 0) is 9.84 Å². The molecule has 1 aliphatic carbocycles. The summed E-state index contributed by atoms with van der Waals surface area (Å²) < 4.78 is 23.3. The highest BCUT2D eigenvalue weighted by molar-refractivity contribution is 14.0. The fraction of sp³-hybridized carbons (Fsp3) is 0.941. The number of aliphatic imine (C=N–C) groups is 1. The molecule has 1 saturated heterocycles. The van der Waals surface area contributed by atoms with E-state index < -0.39 is 9.84 Å². The Hall–Kier alpha value is -0.0900. The lowest BCUT2D eigenvalue weighted by molar-refractivity contribution is 0.176. The minimum absolute atomic E-state index is 0. The predicted molar refractivity (Wildman–Crippen MR) is 116 cm³/mol. The number of sulfone groups is 1. The van der Waals surface area contributed by atoms with Crippen molar-refractivity contribution in [2.24, 2.45) is 10.9 Å². The summed E-state index contributed by atoms with van der Waals surface area (Å²) >= 11 is 0. The summed E-state index contributed by atoms with van der Waals surface area (Å²) in [5, 5.41) is 6.57. The molecule has 2 rings (SSSR count). The molecule has 148 valence electrons. The molecule has 0 spiro atoms. The van der Waals surface area contributed by atoms with E-state index in [1.807, 2.05) is 6.92 Å². The Morgan fingerprint density at radius 2 is 1.88 bits per heavy atom. The van der Waals surface area contributed by atoms with Crippen LogP contribution in [0.15, 0.2) is 4.99 Å². The standard InChI is InChI=1S/C17H34N4O2S.HI/c1-4-18-17(20-15-10-11-24(22,23)13-15)19-12-16(21(2)3)14-8-6-5-7-9-14;/h14-16H,4-13H2,1-3H3,(H2,18,19,20);1H. The highest BCUT2D eigenvalue weighted by atomic mass is 127. The van der Waals surface area contributed by atoms with Crippen molar-refractivity contribution >= 4 is 39.8 Å². The third-order valence-electron chi connectivity index (χ3n) is 5.21. The van der Waals surface area contributed by atoms with Gasteiger partial charge in [0.25, 0.3) is 0 Å². The Kier molecular flexibility index (Phi) is 10.0. The molecule has 25 heavy (non-hydrogen) atoms. The van der Waals surface area contributed by atoms with Crippen molar-refractivity contribution in [3.63, 3.8) is 0 Å². The Bertz CT molecular complexity index is 519. The van der Waals surface area contributed by atoms with Gasteiger partial charge in [-0.1, -0.05) is 19.3 Å². The summed E-state index contributed by atoms with van der Waals surface area (Å²) in [6.07, 6.45) is 7.28. The average molecular weight is 486 g/mol. The van der Waals surface area contributed by atoms with Gasteiger partial charge < -0.3 is 15.5 Å².